The second-order valence-corrected chi connectivity index (χ2v) is 7.29. The van der Waals surface area contributed by atoms with Crippen molar-refractivity contribution in [3.63, 3.8) is 0 Å². The second kappa shape index (κ2) is 15.7. The number of benzene rings is 1. The second-order valence-electron chi connectivity index (χ2n) is 7.29. The van der Waals surface area contributed by atoms with E-state index in [1.54, 1.807) is 14.2 Å². The number of methoxy groups -OCH3 is 1. The molecular weight excluding hydrogens is 481 g/mol. The summed E-state index contributed by atoms with van der Waals surface area (Å²) in [6, 6.07) is 6.30. The first kappa shape index (κ1) is 26.0. The van der Waals surface area contributed by atoms with Crippen molar-refractivity contribution in [3.8, 4) is 5.75 Å². The largest absolute Gasteiger partial charge is 0.493 e. The van der Waals surface area contributed by atoms with Crippen LogP contribution < -0.4 is 15.4 Å². The zero-order chi connectivity index (χ0) is 20.0. The zero-order valence-corrected chi connectivity index (χ0v) is 20.5. The van der Waals surface area contributed by atoms with Crippen molar-refractivity contribution in [1.82, 2.24) is 10.6 Å². The highest BCUT2D eigenvalue weighted by Crippen LogP contribution is 2.21. The lowest BCUT2D eigenvalue weighted by Gasteiger charge is -2.16. The number of ether oxygens (including phenoxy) is 3. The van der Waals surface area contributed by atoms with Gasteiger partial charge in [0.05, 0.1) is 12.7 Å². The van der Waals surface area contributed by atoms with Crippen LogP contribution in [-0.4, -0.2) is 52.6 Å². The number of aliphatic imine (C=N–C) groups is 1. The van der Waals surface area contributed by atoms with Crippen molar-refractivity contribution in [3.05, 3.63) is 29.3 Å². The van der Waals surface area contributed by atoms with Crippen molar-refractivity contribution < 1.29 is 14.2 Å². The van der Waals surface area contributed by atoms with E-state index in [9.17, 15) is 0 Å². The molecule has 1 aromatic carbocycles. The van der Waals surface area contributed by atoms with Crippen LogP contribution in [0.1, 0.15) is 49.7 Å². The highest BCUT2D eigenvalue weighted by Gasteiger charge is 2.14. The Balaban J connectivity index is 0.00000420. The lowest BCUT2D eigenvalue weighted by atomic mass is 10.1. The van der Waals surface area contributed by atoms with Gasteiger partial charge in [-0.3, -0.25) is 4.99 Å². The number of hydrogen-bond donors (Lipinski definition) is 2. The highest BCUT2D eigenvalue weighted by atomic mass is 127. The number of rotatable bonds is 12. The van der Waals surface area contributed by atoms with Gasteiger partial charge >= 0.3 is 0 Å². The fourth-order valence-electron chi connectivity index (χ4n) is 3.31. The third kappa shape index (κ3) is 10.5. The first-order chi connectivity index (χ1) is 13.7. The van der Waals surface area contributed by atoms with E-state index in [4.69, 9.17) is 14.2 Å². The van der Waals surface area contributed by atoms with Gasteiger partial charge in [-0.15, -0.1) is 24.0 Å². The van der Waals surface area contributed by atoms with Gasteiger partial charge in [-0.1, -0.05) is 25.0 Å². The van der Waals surface area contributed by atoms with Crippen molar-refractivity contribution in [2.45, 2.75) is 58.1 Å². The van der Waals surface area contributed by atoms with Crippen LogP contribution in [0.4, 0.5) is 0 Å². The molecule has 6 nitrogen and oxygen atoms in total. The Morgan fingerprint density at radius 1 is 1.10 bits per heavy atom. The Bertz CT molecular complexity index is 593. The molecule has 1 saturated carbocycles. The molecule has 0 atom stereocenters. The fraction of sp³-hybridized carbons (Fsp3) is 0.682. The molecule has 0 radical (unpaired) electrons. The Morgan fingerprint density at radius 3 is 2.62 bits per heavy atom. The molecule has 0 spiro atoms. The summed E-state index contributed by atoms with van der Waals surface area (Å²) in [5.41, 5.74) is 2.31. The molecule has 1 aromatic rings. The zero-order valence-electron chi connectivity index (χ0n) is 18.2. The van der Waals surface area contributed by atoms with E-state index in [-0.39, 0.29) is 24.0 Å². The first-order valence-corrected chi connectivity index (χ1v) is 10.5. The van der Waals surface area contributed by atoms with Gasteiger partial charge in [-0.2, -0.15) is 0 Å². The van der Waals surface area contributed by atoms with E-state index in [0.29, 0.717) is 25.9 Å². The minimum Gasteiger partial charge on any atom is -0.493 e. The van der Waals surface area contributed by atoms with Gasteiger partial charge < -0.3 is 24.8 Å². The van der Waals surface area contributed by atoms with Crippen LogP contribution in [0.15, 0.2) is 23.2 Å². The molecule has 29 heavy (non-hydrogen) atoms. The van der Waals surface area contributed by atoms with Crippen LogP contribution >= 0.6 is 24.0 Å². The summed E-state index contributed by atoms with van der Waals surface area (Å²) in [6.07, 6.45) is 7.43. The van der Waals surface area contributed by atoms with Crippen LogP contribution in [0, 0.1) is 6.92 Å². The SMILES string of the molecule is CN=C(NCCCOC1CCCC1)NCc1ccc(C)cc1OCCCOC.I. The lowest BCUT2D eigenvalue weighted by Crippen LogP contribution is -2.37. The standard InChI is InChI=1S/C22H37N3O3.HI/c1-18-10-11-19(21(16-18)28-15-7-13-26-3)17-25-22(23-2)24-12-6-14-27-20-8-4-5-9-20;/h10-11,16,20H,4-9,12-15,17H2,1-3H3,(H2,23,24,25);1H. The predicted octanol–water partition coefficient (Wildman–Crippen LogP) is 4.04. The molecule has 0 bridgehead atoms. The van der Waals surface area contributed by atoms with Crippen LogP contribution in [0.5, 0.6) is 5.75 Å². The normalized spacial score (nSPS) is 14.5. The molecular formula is C22H38IN3O3. The summed E-state index contributed by atoms with van der Waals surface area (Å²) in [7, 11) is 3.50. The van der Waals surface area contributed by atoms with Crippen molar-refractivity contribution in [2.24, 2.45) is 4.99 Å². The maximum Gasteiger partial charge on any atom is 0.191 e. The Labute approximate surface area is 193 Å². The van der Waals surface area contributed by atoms with E-state index >= 15 is 0 Å². The number of nitrogens with zero attached hydrogens (tertiary/aromatic N) is 1. The van der Waals surface area contributed by atoms with Gasteiger partial charge in [0.2, 0.25) is 0 Å². The number of aryl methyl sites for hydroxylation is 1. The maximum absolute atomic E-state index is 5.95. The highest BCUT2D eigenvalue weighted by molar-refractivity contribution is 14.0. The number of hydrogen-bond acceptors (Lipinski definition) is 4. The van der Waals surface area contributed by atoms with Gasteiger partial charge in [0, 0.05) is 52.4 Å². The lowest BCUT2D eigenvalue weighted by molar-refractivity contribution is 0.0574. The number of guanidine groups is 1. The molecule has 0 saturated heterocycles. The molecule has 0 heterocycles. The molecule has 0 aromatic heterocycles. The molecule has 2 N–H and O–H groups in total. The van der Waals surface area contributed by atoms with Crippen LogP contribution in [0.2, 0.25) is 0 Å². The summed E-state index contributed by atoms with van der Waals surface area (Å²) in [5.74, 6) is 1.72. The van der Waals surface area contributed by atoms with Gasteiger partial charge in [0.25, 0.3) is 0 Å². The average Bonchev–Trinajstić information content (AvgIpc) is 3.22. The Morgan fingerprint density at radius 2 is 1.90 bits per heavy atom. The van der Waals surface area contributed by atoms with Crippen molar-refractivity contribution >= 4 is 29.9 Å². The smallest absolute Gasteiger partial charge is 0.191 e. The third-order valence-electron chi connectivity index (χ3n) is 4.91. The summed E-state index contributed by atoms with van der Waals surface area (Å²) in [4.78, 5) is 4.31. The minimum atomic E-state index is 0. The van der Waals surface area contributed by atoms with Crippen molar-refractivity contribution in [1.29, 1.82) is 0 Å². The molecule has 1 aliphatic rings. The topological polar surface area (TPSA) is 64.1 Å². The van der Waals surface area contributed by atoms with E-state index in [2.05, 4.69) is 40.7 Å². The summed E-state index contributed by atoms with van der Waals surface area (Å²) < 4.78 is 16.9. The van der Waals surface area contributed by atoms with E-state index in [1.165, 1.54) is 31.2 Å². The summed E-state index contributed by atoms with van der Waals surface area (Å²) >= 11 is 0. The Hall–Kier alpha value is -1.06. The monoisotopic (exact) mass is 519 g/mol. The Kier molecular flexibility index (Phi) is 14.1. The van der Waals surface area contributed by atoms with Gasteiger partial charge in [-0.05, 0) is 37.8 Å². The maximum atomic E-state index is 5.95. The van der Waals surface area contributed by atoms with E-state index < -0.39 is 0 Å². The van der Waals surface area contributed by atoms with Crippen molar-refractivity contribution in [2.75, 3.05) is 40.5 Å². The van der Waals surface area contributed by atoms with Crippen LogP contribution in [-0.2, 0) is 16.0 Å². The van der Waals surface area contributed by atoms with Crippen LogP contribution in [0.25, 0.3) is 0 Å². The summed E-state index contributed by atoms with van der Waals surface area (Å²) in [5, 5.41) is 6.73. The van der Waals surface area contributed by atoms with E-state index in [1.807, 2.05) is 0 Å². The molecule has 7 heteroatoms. The van der Waals surface area contributed by atoms with Gasteiger partial charge in [0.15, 0.2) is 5.96 Å². The summed E-state index contributed by atoms with van der Waals surface area (Å²) in [6.45, 7) is 5.76. The number of nitrogens with one attached hydrogen (secondary N) is 2. The van der Waals surface area contributed by atoms with Crippen LogP contribution in [0.3, 0.4) is 0 Å². The molecule has 1 fully saturated rings. The van der Waals surface area contributed by atoms with Gasteiger partial charge in [-0.25, -0.2) is 0 Å². The van der Waals surface area contributed by atoms with Gasteiger partial charge in [0.1, 0.15) is 5.75 Å². The molecule has 2 rings (SSSR count). The number of halogens is 1. The first-order valence-electron chi connectivity index (χ1n) is 10.5. The molecule has 0 unspecified atom stereocenters. The third-order valence-corrected chi connectivity index (χ3v) is 4.91. The molecule has 1 aliphatic carbocycles. The fourth-order valence-corrected chi connectivity index (χ4v) is 3.31. The molecule has 0 amide bonds. The minimum absolute atomic E-state index is 0. The quantitative estimate of drug-likeness (QED) is 0.189. The average molecular weight is 519 g/mol. The van der Waals surface area contributed by atoms with E-state index in [0.717, 1.165) is 43.3 Å². The predicted molar refractivity (Wildman–Crippen MR) is 130 cm³/mol. The molecule has 0 aliphatic heterocycles. The molecule has 166 valence electrons.